The number of ether oxygens (including phenoxy) is 1. The summed E-state index contributed by atoms with van der Waals surface area (Å²) in [5.74, 6) is -0.749. The first kappa shape index (κ1) is 30.3. The topological polar surface area (TPSA) is 101 Å². The smallest absolute Gasteiger partial charge is 0.306 e. The Morgan fingerprint density at radius 3 is 2.03 bits per heavy atom. The number of aliphatic hydroxyl groups is 1. The van der Waals surface area contributed by atoms with Crippen molar-refractivity contribution in [2.75, 3.05) is 32.9 Å². The lowest BCUT2D eigenvalue weighted by atomic mass is 10.1. The Morgan fingerprint density at radius 2 is 1.48 bits per heavy atom. The molecule has 0 aliphatic carbocycles. The van der Waals surface area contributed by atoms with Crippen molar-refractivity contribution in [2.45, 2.75) is 110 Å². The molecule has 0 aromatic heterocycles. The van der Waals surface area contributed by atoms with Crippen LogP contribution in [-0.4, -0.2) is 73.7 Å². The summed E-state index contributed by atoms with van der Waals surface area (Å²) in [6.07, 6.45) is 12.9. The van der Waals surface area contributed by atoms with Crippen molar-refractivity contribution in [1.82, 2.24) is 0 Å². The minimum atomic E-state index is -4.17. The molecule has 8 heteroatoms. The van der Waals surface area contributed by atoms with Crippen molar-refractivity contribution in [3.8, 4) is 0 Å². The molecule has 7 nitrogen and oxygen atoms in total. The van der Waals surface area contributed by atoms with Crippen LogP contribution < -0.4 is 0 Å². The van der Waals surface area contributed by atoms with Gasteiger partial charge >= 0.3 is 5.97 Å². The second-order valence-electron chi connectivity index (χ2n) is 9.62. The molecule has 0 bridgehead atoms. The Balaban J connectivity index is 3.77. The SMILES string of the molecule is CCCCCCCCCCCC(=O)OC(C)CCCC[N+](C)(C)CC(O)CS(=O)(=O)O. The van der Waals surface area contributed by atoms with Crippen LogP contribution >= 0.6 is 0 Å². The molecule has 0 amide bonds. The van der Waals surface area contributed by atoms with E-state index in [1.165, 1.54) is 44.9 Å². The van der Waals surface area contributed by atoms with E-state index in [9.17, 15) is 18.3 Å². The molecule has 2 unspecified atom stereocenters. The van der Waals surface area contributed by atoms with Gasteiger partial charge in [0, 0.05) is 6.42 Å². The molecule has 2 atom stereocenters. The van der Waals surface area contributed by atoms with Crippen LogP contribution in [0.25, 0.3) is 0 Å². The number of quaternary nitrogens is 1. The summed E-state index contributed by atoms with van der Waals surface area (Å²) < 4.78 is 36.5. The lowest BCUT2D eigenvalue weighted by Crippen LogP contribution is -2.47. The van der Waals surface area contributed by atoms with E-state index in [-0.39, 0.29) is 18.6 Å². The van der Waals surface area contributed by atoms with Crippen LogP contribution in [0, 0.1) is 0 Å². The highest BCUT2D eigenvalue weighted by Crippen LogP contribution is 2.13. The molecule has 0 aliphatic rings. The molecule has 0 saturated heterocycles. The van der Waals surface area contributed by atoms with Gasteiger partial charge in [0.2, 0.25) is 0 Å². The first-order valence-corrected chi connectivity index (χ1v) is 13.7. The number of nitrogens with zero attached hydrogens (tertiary/aromatic N) is 1. The summed E-state index contributed by atoms with van der Waals surface area (Å²) in [6.45, 7) is 5.17. The largest absolute Gasteiger partial charge is 0.463 e. The van der Waals surface area contributed by atoms with Gasteiger partial charge in [-0.15, -0.1) is 0 Å². The highest BCUT2D eigenvalue weighted by Gasteiger charge is 2.24. The summed E-state index contributed by atoms with van der Waals surface area (Å²) in [6, 6.07) is 0. The zero-order chi connectivity index (χ0) is 23.8. The lowest BCUT2D eigenvalue weighted by molar-refractivity contribution is -0.893. The van der Waals surface area contributed by atoms with Crippen LogP contribution in [-0.2, 0) is 19.6 Å². The van der Waals surface area contributed by atoms with Gasteiger partial charge in [-0.25, -0.2) is 0 Å². The molecule has 186 valence electrons. The van der Waals surface area contributed by atoms with E-state index in [1.54, 1.807) is 0 Å². The Kier molecular flexibility index (Phi) is 16.5. The molecule has 0 aliphatic heterocycles. The molecule has 0 rings (SSSR count). The van der Waals surface area contributed by atoms with E-state index in [0.29, 0.717) is 10.9 Å². The van der Waals surface area contributed by atoms with E-state index in [0.717, 1.165) is 38.6 Å². The number of hydrogen-bond acceptors (Lipinski definition) is 5. The molecular formula is C23H48NO6S+. The molecule has 2 N–H and O–H groups in total. The molecular weight excluding hydrogens is 418 g/mol. The zero-order valence-corrected chi connectivity index (χ0v) is 21.2. The average Bonchev–Trinajstić information content (AvgIpc) is 2.61. The molecule has 0 saturated carbocycles. The van der Waals surface area contributed by atoms with Crippen molar-refractivity contribution in [3.63, 3.8) is 0 Å². The maximum Gasteiger partial charge on any atom is 0.306 e. The molecule has 0 aromatic carbocycles. The predicted octanol–water partition coefficient (Wildman–Crippen LogP) is 4.33. The van der Waals surface area contributed by atoms with Gasteiger partial charge in [-0.3, -0.25) is 9.35 Å². The van der Waals surface area contributed by atoms with Gasteiger partial charge in [0.15, 0.2) is 0 Å². The number of esters is 1. The standard InChI is InChI=1S/C23H47NO6S/c1-5-6-7-8-9-10-11-12-13-17-23(26)30-21(2)16-14-15-18-24(3,4)19-22(25)20-31(27,28)29/h21-22,25H,5-20H2,1-4H3/p+1. The van der Waals surface area contributed by atoms with Crippen LogP contribution in [0.3, 0.4) is 0 Å². The Morgan fingerprint density at radius 1 is 0.935 bits per heavy atom. The molecule has 0 radical (unpaired) electrons. The number of aliphatic hydroxyl groups excluding tert-OH is 1. The van der Waals surface area contributed by atoms with Crippen molar-refractivity contribution in [2.24, 2.45) is 0 Å². The van der Waals surface area contributed by atoms with Crippen molar-refractivity contribution in [1.29, 1.82) is 0 Å². The summed E-state index contributed by atoms with van der Waals surface area (Å²) in [7, 11) is -0.331. The number of unbranched alkanes of at least 4 members (excludes halogenated alkanes) is 9. The van der Waals surface area contributed by atoms with Crippen LogP contribution in [0.5, 0.6) is 0 Å². The van der Waals surface area contributed by atoms with Gasteiger partial charge in [-0.1, -0.05) is 58.3 Å². The van der Waals surface area contributed by atoms with Gasteiger partial charge in [0.05, 0.1) is 26.7 Å². The lowest BCUT2D eigenvalue weighted by Gasteiger charge is -2.31. The van der Waals surface area contributed by atoms with Gasteiger partial charge in [-0.2, -0.15) is 8.42 Å². The van der Waals surface area contributed by atoms with Crippen LogP contribution in [0.4, 0.5) is 0 Å². The summed E-state index contributed by atoms with van der Waals surface area (Å²) in [5, 5.41) is 9.81. The van der Waals surface area contributed by atoms with E-state index < -0.39 is 22.0 Å². The normalized spacial score (nSPS) is 14.4. The Hall–Kier alpha value is -0.700. The van der Waals surface area contributed by atoms with Crippen LogP contribution in [0.1, 0.15) is 97.3 Å². The highest BCUT2D eigenvalue weighted by atomic mass is 32.2. The summed E-state index contributed by atoms with van der Waals surface area (Å²) in [4.78, 5) is 12.0. The third-order valence-corrected chi connectivity index (χ3v) is 6.36. The third-order valence-electron chi connectivity index (χ3n) is 5.55. The van der Waals surface area contributed by atoms with Crippen LogP contribution in [0.15, 0.2) is 0 Å². The zero-order valence-electron chi connectivity index (χ0n) is 20.4. The van der Waals surface area contributed by atoms with E-state index in [4.69, 9.17) is 9.29 Å². The van der Waals surface area contributed by atoms with E-state index in [2.05, 4.69) is 6.92 Å². The Bertz CT molecular complexity index is 564. The maximum absolute atomic E-state index is 12.0. The second kappa shape index (κ2) is 16.9. The minimum absolute atomic E-state index is 0.105. The molecule has 0 spiro atoms. The minimum Gasteiger partial charge on any atom is -0.463 e. The third kappa shape index (κ3) is 20.9. The monoisotopic (exact) mass is 466 g/mol. The molecule has 0 fully saturated rings. The second-order valence-corrected chi connectivity index (χ2v) is 11.1. The molecule has 0 aromatic rings. The highest BCUT2D eigenvalue weighted by molar-refractivity contribution is 7.85. The fraction of sp³-hybridized carbons (Fsp3) is 0.957. The number of carbonyl (C=O) groups is 1. The number of rotatable bonds is 20. The van der Waals surface area contributed by atoms with Gasteiger partial charge in [0.1, 0.15) is 18.4 Å². The fourth-order valence-corrected chi connectivity index (χ4v) is 4.44. The van der Waals surface area contributed by atoms with Gasteiger partial charge in [-0.05, 0) is 32.6 Å². The number of carbonyl (C=O) groups excluding carboxylic acids is 1. The van der Waals surface area contributed by atoms with Crippen LogP contribution in [0.2, 0.25) is 0 Å². The molecule has 0 heterocycles. The molecule has 31 heavy (non-hydrogen) atoms. The quantitative estimate of drug-likeness (QED) is 0.120. The van der Waals surface area contributed by atoms with Crippen molar-refractivity contribution < 1.29 is 32.1 Å². The fourth-order valence-electron chi connectivity index (χ4n) is 3.85. The maximum atomic E-state index is 12.0. The summed E-state index contributed by atoms with van der Waals surface area (Å²) >= 11 is 0. The number of likely N-dealkylation sites (N-methyl/N-ethyl adjacent to an activating group) is 1. The van der Waals surface area contributed by atoms with E-state index >= 15 is 0 Å². The predicted molar refractivity (Wildman–Crippen MR) is 126 cm³/mol. The Labute approximate surface area is 190 Å². The van der Waals surface area contributed by atoms with Crippen molar-refractivity contribution >= 4 is 16.1 Å². The first-order chi connectivity index (χ1) is 14.4. The number of hydrogen-bond donors (Lipinski definition) is 2. The summed E-state index contributed by atoms with van der Waals surface area (Å²) in [5.41, 5.74) is 0. The van der Waals surface area contributed by atoms with E-state index in [1.807, 2.05) is 21.0 Å². The first-order valence-electron chi connectivity index (χ1n) is 12.1. The van der Waals surface area contributed by atoms with Crippen molar-refractivity contribution in [3.05, 3.63) is 0 Å². The average molecular weight is 467 g/mol. The van der Waals surface area contributed by atoms with Gasteiger partial charge in [0.25, 0.3) is 10.1 Å². The van der Waals surface area contributed by atoms with Gasteiger partial charge < -0.3 is 14.3 Å².